The van der Waals surface area contributed by atoms with Crippen molar-refractivity contribution in [3.05, 3.63) is 158 Å². The first-order valence-electron chi connectivity index (χ1n) is 14.8. The Morgan fingerprint density at radius 2 is 0.860 bits per heavy atom. The van der Waals surface area contributed by atoms with E-state index in [2.05, 4.69) is 158 Å². The summed E-state index contributed by atoms with van der Waals surface area (Å²) >= 11 is 0. The van der Waals surface area contributed by atoms with Gasteiger partial charge in [-0.1, -0.05) is 146 Å². The Kier molecular flexibility index (Phi) is 5.27. The second-order valence-corrected chi connectivity index (χ2v) is 11.2. The lowest BCUT2D eigenvalue weighted by Gasteiger charge is -2.25. The maximum Gasteiger partial charge on any atom is 0.135 e. The summed E-state index contributed by atoms with van der Waals surface area (Å²) in [5, 5.41) is 7.37. The molecule has 1 heteroatoms. The SMILES string of the molecule is c1ccc(-c2ccc(-c3c4ccccc4c(-c4ccc5cccc6c5c4-c4ccccc4O6)c4ccccc34)cc2)cc1. The number of benzene rings is 8. The molecule has 0 spiro atoms. The molecule has 1 nitrogen and oxygen atoms in total. The highest BCUT2D eigenvalue weighted by Gasteiger charge is 2.25. The zero-order chi connectivity index (χ0) is 28.3. The predicted octanol–water partition coefficient (Wildman–Crippen LogP) is 11.9. The largest absolute Gasteiger partial charge is 0.456 e. The molecule has 0 unspecified atom stereocenters. The van der Waals surface area contributed by atoms with E-state index in [9.17, 15) is 0 Å². The number of rotatable bonds is 3. The molecule has 0 aliphatic carbocycles. The molecule has 200 valence electrons. The van der Waals surface area contributed by atoms with Gasteiger partial charge >= 0.3 is 0 Å². The Morgan fingerprint density at radius 3 is 1.58 bits per heavy atom. The van der Waals surface area contributed by atoms with E-state index in [1.54, 1.807) is 0 Å². The first-order valence-corrected chi connectivity index (χ1v) is 14.8. The second-order valence-electron chi connectivity index (χ2n) is 11.2. The summed E-state index contributed by atoms with van der Waals surface area (Å²) < 4.78 is 6.43. The fraction of sp³-hybridized carbons (Fsp3) is 0. The molecule has 8 aromatic rings. The number of para-hydroxylation sites is 1. The van der Waals surface area contributed by atoms with Crippen molar-refractivity contribution in [2.24, 2.45) is 0 Å². The molecule has 0 radical (unpaired) electrons. The Labute approximate surface area is 250 Å². The second kappa shape index (κ2) is 9.44. The number of hydrogen-bond acceptors (Lipinski definition) is 1. The van der Waals surface area contributed by atoms with Gasteiger partial charge in [-0.3, -0.25) is 0 Å². The first-order chi connectivity index (χ1) is 21.3. The molecular formula is C42H26O. The topological polar surface area (TPSA) is 9.23 Å². The zero-order valence-electron chi connectivity index (χ0n) is 23.4. The van der Waals surface area contributed by atoms with Crippen LogP contribution in [-0.4, -0.2) is 0 Å². The van der Waals surface area contributed by atoms with Gasteiger partial charge in [-0.15, -0.1) is 0 Å². The molecule has 0 amide bonds. The van der Waals surface area contributed by atoms with Gasteiger partial charge in [-0.2, -0.15) is 0 Å². The molecule has 1 aliphatic rings. The van der Waals surface area contributed by atoms with Gasteiger partial charge in [-0.25, -0.2) is 0 Å². The van der Waals surface area contributed by atoms with Crippen LogP contribution in [0.15, 0.2) is 158 Å². The third kappa shape index (κ3) is 3.65. The van der Waals surface area contributed by atoms with Crippen LogP contribution >= 0.6 is 0 Å². The standard InChI is InChI=1S/C42H26O/c1-2-11-27(12-3-1)28-21-23-30(24-22-28)39-31-14-4-6-16-33(31)41(34-17-7-5-15-32(34)39)36-26-25-29-13-10-20-38-40(29)42(36)35-18-8-9-19-37(35)43-38/h1-26H. The van der Waals surface area contributed by atoms with E-state index in [0.29, 0.717) is 0 Å². The quantitative estimate of drug-likeness (QED) is 0.200. The Hall–Kier alpha value is -5.66. The molecule has 0 atom stereocenters. The monoisotopic (exact) mass is 546 g/mol. The van der Waals surface area contributed by atoms with E-state index in [-0.39, 0.29) is 0 Å². The highest BCUT2D eigenvalue weighted by Crippen LogP contribution is 2.53. The predicted molar refractivity (Wildman–Crippen MR) is 181 cm³/mol. The number of ether oxygens (including phenoxy) is 1. The Morgan fingerprint density at radius 1 is 0.302 bits per heavy atom. The maximum absolute atomic E-state index is 6.43. The molecule has 43 heavy (non-hydrogen) atoms. The molecule has 1 heterocycles. The van der Waals surface area contributed by atoms with Crippen LogP contribution in [0, 0.1) is 0 Å². The van der Waals surface area contributed by atoms with Crippen LogP contribution in [0.5, 0.6) is 11.5 Å². The van der Waals surface area contributed by atoms with Crippen molar-refractivity contribution < 1.29 is 4.74 Å². The van der Waals surface area contributed by atoms with Crippen molar-refractivity contribution in [3.63, 3.8) is 0 Å². The minimum atomic E-state index is 0.902. The van der Waals surface area contributed by atoms with Crippen LogP contribution in [0.25, 0.3) is 76.8 Å². The van der Waals surface area contributed by atoms with Crippen LogP contribution in [0.2, 0.25) is 0 Å². The first kappa shape index (κ1) is 24.0. The van der Waals surface area contributed by atoms with Gasteiger partial charge in [-0.05, 0) is 72.4 Å². The summed E-state index contributed by atoms with van der Waals surface area (Å²) in [6, 6.07) is 56.7. The molecule has 1 aliphatic heterocycles. The smallest absolute Gasteiger partial charge is 0.135 e. The molecule has 0 saturated heterocycles. The highest BCUT2D eigenvalue weighted by atomic mass is 16.5. The lowest BCUT2D eigenvalue weighted by molar-refractivity contribution is 0.487. The summed E-state index contributed by atoms with van der Waals surface area (Å²) in [5.74, 6) is 1.82. The van der Waals surface area contributed by atoms with E-state index in [1.807, 2.05) is 0 Å². The summed E-state index contributed by atoms with van der Waals surface area (Å²) in [4.78, 5) is 0. The van der Waals surface area contributed by atoms with Gasteiger partial charge in [0.05, 0.1) is 0 Å². The van der Waals surface area contributed by atoms with Crippen molar-refractivity contribution in [2.75, 3.05) is 0 Å². The molecular weight excluding hydrogens is 520 g/mol. The zero-order valence-corrected chi connectivity index (χ0v) is 23.4. The third-order valence-electron chi connectivity index (χ3n) is 8.87. The van der Waals surface area contributed by atoms with Gasteiger partial charge in [0.2, 0.25) is 0 Å². The van der Waals surface area contributed by atoms with Crippen molar-refractivity contribution in [1.29, 1.82) is 0 Å². The van der Waals surface area contributed by atoms with E-state index < -0.39 is 0 Å². The van der Waals surface area contributed by atoms with Gasteiger partial charge < -0.3 is 4.74 Å². The lowest BCUT2D eigenvalue weighted by atomic mass is 9.81. The minimum absolute atomic E-state index is 0.902. The molecule has 9 rings (SSSR count). The Bertz CT molecular complexity index is 2290. The molecule has 0 aromatic heterocycles. The van der Waals surface area contributed by atoms with Crippen molar-refractivity contribution in [1.82, 2.24) is 0 Å². The molecule has 8 aromatic carbocycles. The fourth-order valence-corrected chi connectivity index (χ4v) is 6.99. The molecule has 0 saturated carbocycles. The van der Waals surface area contributed by atoms with E-state index in [0.717, 1.165) is 17.1 Å². The van der Waals surface area contributed by atoms with Gasteiger partial charge in [0.15, 0.2) is 0 Å². The van der Waals surface area contributed by atoms with Crippen LogP contribution in [0.3, 0.4) is 0 Å². The van der Waals surface area contributed by atoms with Crippen molar-refractivity contribution in [2.45, 2.75) is 0 Å². The maximum atomic E-state index is 6.43. The van der Waals surface area contributed by atoms with Crippen molar-refractivity contribution in [3.8, 4) is 56.0 Å². The van der Waals surface area contributed by atoms with Crippen molar-refractivity contribution >= 4 is 32.3 Å². The summed E-state index contributed by atoms with van der Waals surface area (Å²) in [6.07, 6.45) is 0. The average Bonchev–Trinajstić information content (AvgIpc) is 3.08. The molecule has 0 bridgehead atoms. The normalized spacial score (nSPS) is 11.9. The third-order valence-corrected chi connectivity index (χ3v) is 8.87. The Balaban J connectivity index is 1.37. The van der Waals surface area contributed by atoms with Gasteiger partial charge in [0.25, 0.3) is 0 Å². The van der Waals surface area contributed by atoms with Crippen LogP contribution in [0.1, 0.15) is 0 Å². The summed E-state index contributed by atoms with van der Waals surface area (Å²) in [7, 11) is 0. The van der Waals surface area contributed by atoms with E-state index in [1.165, 1.54) is 71.3 Å². The van der Waals surface area contributed by atoms with Gasteiger partial charge in [0.1, 0.15) is 11.5 Å². The number of hydrogen-bond donors (Lipinski definition) is 0. The van der Waals surface area contributed by atoms with Crippen LogP contribution in [0.4, 0.5) is 0 Å². The lowest BCUT2D eigenvalue weighted by Crippen LogP contribution is -1.99. The summed E-state index contributed by atoms with van der Waals surface area (Å²) in [6.45, 7) is 0. The molecule has 0 N–H and O–H groups in total. The average molecular weight is 547 g/mol. The van der Waals surface area contributed by atoms with E-state index >= 15 is 0 Å². The summed E-state index contributed by atoms with van der Waals surface area (Å²) in [5.41, 5.74) is 9.82. The highest BCUT2D eigenvalue weighted by molar-refractivity contribution is 6.24. The van der Waals surface area contributed by atoms with Gasteiger partial charge in [0, 0.05) is 16.5 Å². The van der Waals surface area contributed by atoms with Crippen LogP contribution < -0.4 is 4.74 Å². The molecule has 0 fully saturated rings. The number of fused-ring (bicyclic) bond motifs is 4. The van der Waals surface area contributed by atoms with Crippen LogP contribution in [-0.2, 0) is 0 Å². The minimum Gasteiger partial charge on any atom is -0.456 e. The van der Waals surface area contributed by atoms with E-state index in [4.69, 9.17) is 4.74 Å². The fourth-order valence-electron chi connectivity index (χ4n) is 6.99.